The third-order valence-corrected chi connectivity index (χ3v) is 7.11. The number of benzene rings is 2. The molecule has 9 heteroatoms. The van der Waals surface area contributed by atoms with E-state index >= 15 is 0 Å². The van der Waals surface area contributed by atoms with Crippen LogP contribution in [-0.2, 0) is 32.2 Å². The van der Waals surface area contributed by atoms with E-state index in [1.54, 1.807) is 62.4 Å². The van der Waals surface area contributed by atoms with E-state index in [4.69, 9.17) is 9.47 Å². The van der Waals surface area contributed by atoms with Gasteiger partial charge in [-0.05, 0) is 38.3 Å². The quantitative estimate of drug-likeness (QED) is 0.469. The van der Waals surface area contributed by atoms with Gasteiger partial charge in [0.05, 0.1) is 19.3 Å². The number of aliphatic hydroxyl groups excluding tert-OH is 2. The fourth-order valence-electron chi connectivity index (χ4n) is 5.30. The number of nitrogens with zero attached hydrogens (tertiary/aromatic N) is 2. The lowest BCUT2D eigenvalue weighted by Crippen LogP contribution is -2.83. The van der Waals surface area contributed by atoms with E-state index in [0.29, 0.717) is 11.1 Å². The van der Waals surface area contributed by atoms with Gasteiger partial charge in [-0.3, -0.25) is 19.4 Å². The van der Waals surface area contributed by atoms with Gasteiger partial charge in [0.1, 0.15) is 11.7 Å². The summed E-state index contributed by atoms with van der Waals surface area (Å²) >= 11 is 0. The molecule has 2 bridgehead atoms. The summed E-state index contributed by atoms with van der Waals surface area (Å²) in [6.45, 7) is 4.16. The number of aliphatic hydroxyl groups is 3. The largest absolute Gasteiger partial charge is 0.393 e. The summed E-state index contributed by atoms with van der Waals surface area (Å²) < 4.78 is 12.1. The van der Waals surface area contributed by atoms with Crippen LogP contribution in [0.2, 0.25) is 0 Å². The van der Waals surface area contributed by atoms with E-state index in [1.807, 2.05) is 12.1 Å². The molecule has 5 rings (SSSR count). The van der Waals surface area contributed by atoms with E-state index in [0.717, 1.165) is 9.80 Å². The number of hydrogen-bond donors (Lipinski definition) is 3. The first-order valence-corrected chi connectivity index (χ1v) is 12.6. The first-order chi connectivity index (χ1) is 17.6. The molecule has 0 spiro atoms. The van der Waals surface area contributed by atoms with Crippen LogP contribution < -0.4 is 0 Å². The van der Waals surface area contributed by atoms with Crippen LogP contribution in [0, 0.1) is 0 Å². The highest BCUT2D eigenvalue weighted by Gasteiger charge is 2.69. The Morgan fingerprint density at radius 2 is 1.51 bits per heavy atom. The van der Waals surface area contributed by atoms with E-state index in [9.17, 15) is 24.9 Å². The molecule has 2 amide bonds. The average molecular weight is 513 g/mol. The van der Waals surface area contributed by atoms with E-state index in [1.165, 1.54) is 6.92 Å². The minimum absolute atomic E-state index is 0.00600. The third-order valence-electron chi connectivity index (χ3n) is 7.11. The molecule has 0 saturated carbocycles. The van der Waals surface area contributed by atoms with Gasteiger partial charge in [0, 0.05) is 19.5 Å². The maximum absolute atomic E-state index is 14.5. The molecule has 3 N–H and O–H groups in total. The highest BCUT2D eigenvalue weighted by molar-refractivity contribution is 6.01. The fourth-order valence-corrected chi connectivity index (χ4v) is 5.30. The zero-order valence-corrected chi connectivity index (χ0v) is 21.5. The highest BCUT2D eigenvalue weighted by atomic mass is 16.6. The number of ether oxygens (including phenoxy) is 2. The molecule has 3 heterocycles. The molecule has 3 saturated heterocycles. The fraction of sp³-hybridized carbons (Fsp3) is 0.500. The number of carbonyl (C=O) groups is 2. The number of rotatable bonds is 9. The third kappa shape index (κ3) is 4.78. The first kappa shape index (κ1) is 27.2. The van der Waals surface area contributed by atoms with Crippen LogP contribution in [0.1, 0.15) is 44.7 Å². The molecule has 1 unspecified atom stereocenters. The summed E-state index contributed by atoms with van der Waals surface area (Å²) in [6, 6.07) is 18.0. The van der Waals surface area contributed by atoms with Gasteiger partial charge in [0.2, 0.25) is 5.72 Å². The molecule has 3 fully saturated rings. The Hall–Kier alpha value is -2.82. The van der Waals surface area contributed by atoms with Crippen molar-refractivity contribution >= 4 is 11.8 Å². The molecule has 3 aliphatic rings. The SMILES string of the molecule is CC(C)O[C@@](C)(CO)[C@H](O)C12OCCC[C@@](O)(C(=O)N1Cc1ccccc1)N(Cc1ccccc1)C2=O. The van der Waals surface area contributed by atoms with Crippen LogP contribution in [0.3, 0.4) is 0 Å². The van der Waals surface area contributed by atoms with Crippen LogP contribution in [-0.4, -0.2) is 79.4 Å². The van der Waals surface area contributed by atoms with Crippen LogP contribution in [0.15, 0.2) is 60.7 Å². The smallest absolute Gasteiger partial charge is 0.282 e. The second kappa shape index (κ2) is 10.5. The van der Waals surface area contributed by atoms with Crippen molar-refractivity contribution in [3.05, 3.63) is 71.8 Å². The van der Waals surface area contributed by atoms with Crippen molar-refractivity contribution in [1.82, 2.24) is 9.80 Å². The number of piperazine rings is 1. The summed E-state index contributed by atoms with van der Waals surface area (Å²) in [5, 5.41) is 34.1. The Bertz CT molecular complexity index is 1100. The minimum Gasteiger partial charge on any atom is -0.393 e. The molecule has 3 aliphatic heterocycles. The predicted molar refractivity (Wildman–Crippen MR) is 135 cm³/mol. The lowest BCUT2D eigenvalue weighted by Gasteiger charge is -2.59. The molecule has 4 atom stereocenters. The Morgan fingerprint density at radius 3 is 2.03 bits per heavy atom. The average Bonchev–Trinajstić information content (AvgIpc) is 2.89. The molecular formula is C28H36N2O7. The number of fused-ring (bicyclic) bond motifs is 5. The van der Waals surface area contributed by atoms with Crippen molar-refractivity contribution in [3.8, 4) is 0 Å². The zero-order valence-electron chi connectivity index (χ0n) is 21.5. The lowest BCUT2D eigenvalue weighted by atomic mass is 9.82. The van der Waals surface area contributed by atoms with Crippen molar-refractivity contribution in [2.45, 2.75) is 76.0 Å². The summed E-state index contributed by atoms with van der Waals surface area (Å²) in [6.07, 6.45) is -1.95. The molecule has 200 valence electrons. The van der Waals surface area contributed by atoms with Crippen LogP contribution >= 0.6 is 0 Å². The molecule has 0 aromatic heterocycles. The summed E-state index contributed by atoms with van der Waals surface area (Å²) in [7, 11) is 0. The first-order valence-electron chi connectivity index (χ1n) is 12.6. The van der Waals surface area contributed by atoms with Gasteiger partial charge in [-0.1, -0.05) is 60.7 Å². The van der Waals surface area contributed by atoms with Crippen molar-refractivity contribution < 1.29 is 34.4 Å². The van der Waals surface area contributed by atoms with Gasteiger partial charge in [0.25, 0.3) is 17.5 Å². The van der Waals surface area contributed by atoms with Crippen LogP contribution in [0.4, 0.5) is 0 Å². The summed E-state index contributed by atoms with van der Waals surface area (Å²) in [4.78, 5) is 30.9. The lowest BCUT2D eigenvalue weighted by molar-refractivity contribution is -0.300. The second-order valence-electron chi connectivity index (χ2n) is 10.3. The zero-order chi connectivity index (χ0) is 26.8. The second-order valence-corrected chi connectivity index (χ2v) is 10.3. The molecule has 2 aromatic carbocycles. The summed E-state index contributed by atoms with van der Waals surface area (Å²) in [5.74, 6) is -1.52. The molecule has 9 nitrogen and oxygen atoms in total. The molecule has 0 aliphatic carbocycles. The summed E-state index contributed by atoms with van der Waals surface area (Å²) in [5.41, 5.74) is -4.67. The maximum atomic E-state index is 14.5. The van der Waals surface area contributed by atoms with E-state index < -0.39 is 47.7 Å². The molecule has 0 radical (unpaired) electrons. The van der Waals surface area contributed by atoms with Crippen LogP contribution in [0.25, 0.3) is 0 Å². The van der Waals surface area contributed by atoms with Gasteiger partial charge in [-0.25, -0.2) is 0 Å². The number of amides is 2. The Balaban J connectivity index is 1.90. The Labute approximate surface area is 217 Å². The highest BCUT2D eigenvalue weighted by Crippen LogP contribution is 2.44. The molecule has 2 aromatic rings. The van der Waals surface area contributed by atoms with E-state index in [2.05, 4.69) is 0 Å². The Morgan fingerprint density at radius 1 is 0.973 bits per heavy atom. The van der Waals surface area contributed by atoms with Crippen molar-refractivity contribution in [2.24, 2.45) is 0 Å². The maximum Gasteiger partial charge on any atom is 0.282 e. The van der Waals surface area contributed by atoms with Crippen LogP contribution in [0.5, 0.6) is 0 Å². The van der Waals surface area contributed by atoms with Gasteiger partial charge in [0.15, 0.2) is 0 Å². The topological polar surface area (TPSA) is 120 Å². The monoisotopic (exact) mass is 512 g/mol. The predicted octanol–water partition coefficient (Wildman–Crippen LogP) is 1.79. The van der Waals surface area contributed by atoms with Gasteiger partial charge >= 0.3 is 0 Å². The Kier molecular flexibility index (Phi) is 7.73. The van der Waals surface area contributed by atoms with Gasteiger partial charge in [-0.15, -0.1) is 0 Å². The number of carbonyl (C=O) groups excluding carboxylic acids is 2. The number of hydrogen-bond acceptors (Lipinski definition) is 7. The van der Waals surface area contributed by atoms with Crippen molar-refractivity contribution in [1.29, 1.82) is 0 Å². The molecule has 37 heavy (non-hydrogen) atoms. The molecular weight excluding hydrogens is 476 g/mol. The standard InChI is InChI=1S/C28H36N2O7/c1-20(2)37-26(3,19-31)23(32)28-25(34)29(17-21-11-6-4-7-12-21)27(35,15-10-16-36-28)24(33)30(28)18-22-13-8-5-9-14-22/h4-9,11-14,20,23,31-32,35H,10,15-19H2,1-3H3/t23-,26-,27+,28?/m0/s1. The van der Waals surface area contributed by atoms with Gasteiger partial charge in [-0.2, -0.15) is 0 Å². The minimum atomic E-state index is -2.25. The van der Waals surface area contributed by atoms with Crippen molar-refractivity contribution in [2.75, 3.05) is 13.2 Å². The van der Waals surface area contributed by atoms with Crippen molar-refractivity contribution in [3.63, 3.8) is 0 Å². The normalized spacial score (nSPS) is 26.7. The van der Waals surface area contributed by atoms with E-state index in [-0.39, 0.29) is 32.5 Å². The van der Waals surface area contributed by atoms with Gasteiger partial charge < -0.3 is 24.8 Å².